The fraction of sp³-hybridized carbons (Fsp3) is 0.524. The van der Waals surface area contributed by atoms with Crippen LogP contribution >= 0.6 is 0 Å². The molecule has 2 heterocycles. The van der Waals surface area contributed by atoms with Crippen LogP contribution in [0.1, 0.15) is 51.6 Å². The van der Waals surface area contributed by atoms with E-state index in [4.69, 9.17) is 14.2 Å². The molecule has 4 rings (SSSR count). The maximum Gasteiger partial charge on any atom is 0.338 e. The molecule has 4 unspecified atom stereocenters. The van der Waals surface area contributed by atoms with Crippen molar-refractivity contribution in [1.29, 1.82) is 0 Å². The summed E-state index contributed by atoms with van der Waals surface area (Å²) in [6, 6.07) is 4.46. The van der Waals surface area contributed by atoms with Crippen LogP contribution in [0.15, 0.2) is 29.5 Å². The summed E-state index contributed by atoms with van der Waals surface area (Å²) in [5, 5.41) is 5.52. The van der Waals surface area contributed by atoms with Crippen molar-refractivity contribution in [2.24, 2.45) is 11.8 Å². The highest BCUT2D eigenvalue weighted by atomic mass is 16.7. The van der Waals surface area contributed by atoms with Crippen molar-refractivity contribution >= 4 is 12.0 Å². The number of amides is 2. The van der Waals surface area contributed by atoms with E-state index >= 15 is 0 Å². The van der Waals surface area contributed by atoms with Gasteiger partial charge in [0.2, 0.25) is 6.79 Å². The molecule has 4 atom stereocenters. The van der Waals surface area contributed by atoms with Crippen molar-refractivity contribution in [3.63, 3.8) is 0 Å². The highest BCUT2D eigenvalue weighted by molar-refractivity contribution is 5.95. The average Bonchev–Trinajstić information content (AvgIpc) is 3.11. The van der Waals surface area contributed by atoms with Crippen LogP contribution in [-0.2, 0) is 9.53 Å². The maximum atomic E-state index is 13.1. The minimum atomic E-state index is -0.601. The number of esters is 1. The van der Waals surface area contributed by atoms with Crippen molar-refractivity contribution in [2.45, 2.75) is 52.2 Å². The molecule has 2 aliphatic heterocycles. The first-order valence-corrected chi connectivity index (χ1v) is 9.81. The van der Waals surface area contributed by atoms with E-state index in [2.05, 4.69) is 24.5 Å². The molecule has 3 aliphatic rings. The van der Waals surface area contributed by atoms with Gasteiger partial charge in [0.1, 0.15) is 6.10 Å². The van der Waals surface area contributed by atoms with Gasteiger partial charge in [-0.1, -0.05) is 19.9 Å². The molecule has 0 saturated heterocycles. The number of allylic oxidation sites excluding steroid dienone is 1. The van der Waals surface area contributed by atoms with Crippen molar-refractivity contribution in [3.05, 3.63) is 35.0 Å². The molecule has 7 nitrogen and oxygen atoms in total. The van der Waals surface area contributed by atoms with Crippen LogP contribution in [0, 0.1) is 11.8 Å². The third kappa shape index (κ3) is 3.53. The zero-order valence-electron chi connectivity index (χ0n) is 16.4. The van der Waals surface area contributed by atoms with E-state index in [1.807, 2.05) is 6.07 Å². The molecule has 2 N–H and O–H groups in total. The number of nitrogens with one attached hydrogen (secondary N) is 2. The molecule has 1 fully saturated rings. The molecule has 0 radical (unpaired) electrons. The Morgan fingerprint density at radius 3 is 2.71 bits per heavy atom. The summed E-state index contributed by atoms with van der Waals surface area (Å²) in [6.07, 6.45) is 2.71. The third-order valence-electron chi connectivity index (χ3n) is 6.04. The summed E-state index contributed by atoms with van der Waals surface area (Å²) < 4.78 is 16.6. The Balaban J connectivity index is 1.58. The summed E-state index contributed by atoms with van der Waals surface area (Å²) in [4.78, 5) is 25.1. The molecule has 1 aliphatic carbocycles. The standard InChI is InChI=1S/C21H26N2O5/c1-11-4-6-15(8-12(11)2)28-20(24)18-13(3)22-21(25)23-19(18)14-5-7-16-17(9-14)27-10-26-16/h5,7,9,11-12,15,19H,4,6,8,10H2,1-3H3,(H2,22,23,25). The highest BCUT2D eigenvalue weighted by Crippen LogP contribution is 2.38. The van der Waals surface area contributed by atoms with Crippen molar-refractivity contribution < 1.29 is 23.8 Å². The number of benzene rings is 1. The fourth-order valence-electron chi connectivity index (χ4n) is 4.13. The predicted molar refractivity (Wildman–Crippen MR) is 102 cm³/mol. The Morgan fingerprint density at radius 1 is 1.14 bits per heavy atom. The lowest BCUT2D eigenvalue weighted by Gasteiger charge is -2.33. The highest BCUT2D eigenvalue weighted by Gasteiger charge is 2.35. The first kappa shape index (κ1) is 18.7. The van der Waals surface area contributed by atoms with Crippen molar-refractivity contribution in [1.82, 2.24) is 10.6 Å². The quantitative estimate of drug-likeness (QED) is 0.778. The number of urea groups is 1. The van der Waals surface area contributed by atoms with E-state index in [0.717, 1.165) is 24.8 Å². The molecule has 1 aromatic rings. The number of ether oxygens (including phenoxy) is 3. The number of rotatable bonds is 3. The summed E-state index contributed by atoms with van der Waals surface area (Å²) in [5.41, 5.74) is 1.68. The Labute approximate surface area is 164 Å². The van der Waals surface area contributed by atoms with Gasteiger partial charge >= 0.3 is 12.0 Å². The second-order valence-electron chi connectivity index (χ2n) is 7.98. The van der Waals surface area contributed by atoms with Crippen LogP contribution in [-0.4, -0.2) is 24.9 Å². The normalized spacial score (nSPS) is 29.2. The van der Waals surface area contributed by atoms with Gasteiger partial charge in [-0.15, -0.1) is 0 Å². The Bertz CT molecular complexity index is 834. The summed E-state index contributed by atoms with van der Waals surface area (Å²) in [7, 11) is 0. The van der Waals surface area contributed by atoms with Crippen LogP contribution in [0.2, 0.25) is 0 Å². The number of carbonyl (C=O) groups is 2. The molecule has 7 heteroatoms. The molecule has 0 aromatic heterocycles. The lowest BCUT2D eigenvalue weighted by Crippen LogP contribution is -2.45. The molecule has 28 heavy (non-hydrogen) atoms. The second kappa shape index (κ2) is 7.37. The van der Waals surface area contributed by atoms with Gasteiger partial charge in [0.05, 0.1) is 11.6 Å². The first-order valence-electron chi connectivity index (χ1n) is 9.81. The van der Waals surface area contributed by atoms with E-state index in [9.17, 15) is 9.59 Å². The molecule has 0 bridgehead atoms. The van der Waals surface area contributed by atoms with Gasteiger partial charge in [-0.05, 0) is 55.7 Å². The van der Waals surface area contributed by atoms with Crippen LogP contribution in [0.5, 0.6) is 11.5 Å². The zero-order valence-corrected chi connectivity index (χ0v) is 16.4. The Morgan fingerprint density at radius 2 is 1.93 bits per heavy atom. The van der Waals surface area contributed by atoms with Crippen LogP contribution in [0.3, 0.4) is 0 Å². The smallest absolute Gasteiger partial charge is 0.338 e. The van der Waals surface area contributed by atoms with Crippen LogP contribution < -0.4 is 20.1 Å². The van der Waals surface area contributed by atoms with E-state index in [1.165, 1.54) is 0 Å². The fourth-order valence-corrected chi connectivity index (χ4v) is 4.13. The summed E-state index contributed by atoms with van der Waals surface area (Å²) >= 11 is 0. The number of fused-ring (bicyclic) bond motifs is 1. The average molecular weight is 386 g/mol. The lowest BCUT2D eigenvalue weighted by atomic mass is 9.80. The van der Waals surface area contributed by atoms with Crippen LogP contribution in [0.4, 0.5) is 4.79 Å². The van der Waals surface area contributed by atoms with Crippen molar-refractivity contribution in [3.8, 4) is 11.5 Å². The van der Waals surface area contributed by atoms with Gasteiger partial charge in [0.25, 0.3) is 0 Å². The summed E-state index contributed by atoms with van der Waals surface area (Å²) in [5.74, 6) is 2.03. The number of hydrogen-bond donors (Lipinski definition) is 2. The molecule has 2 amide bonds. The largest absolute Gasteiger partial charge is 0.459 e. The maximum absolute atomic E-state index is 13.1. The Hall–Kier alpha value is -2.70. The zero-order chi connectivity index (χ0) is 19.8. The van der Waals surface area contributed by atoms with E-state index in [1.54, 1.807) is 19.1 Å². The molecule has 150 valence electrons. The number of hydrogen-bond acceptors (Lipinski definition) is 5. The lowest BCUT2D eigenvalue weighted by molar-refractivity contribution is -0.147. The van der Waals surface area contributed by atoms with Gasteiger partial charge in [-0.2, -0.15) is 0 Å². The molecular formula is C21H26N2O5. The van der Waals surface area contributed by atoms with Crippen molar-refractivity contribution in [2.75, 3.05) is 6.79 Å². The second-order valence-corrected chi connectivity index (χ2v) is 7.98. The van der Waals surface area contributed by atoms with E-state index in [-0.39, 0.29) is 24.9 Å². The number of carbonyl (C=O) groups excluding carboxylic acids is 2. The van der Waals surface area contributed by atoms with Gasteiger partial charge in [0, 0.05) is 5.70 Å². The van der Waals surface area contributed by atoms with Gasteiger partial charge in [0.15, 0.2) is 11.5 Å². The molecule has 1 saturated carbocycles. The molecule has 0 spiro atoms. The van der Waals surface area contributed by atoms with E-state index in [0.29, 0.717) is 34.6 Å². The Kier molecular flexibility index (Phi) is 4.91. The third-order valence-corrected chi connectivity index (χ3v) is 6.04. The predicted octanol–water partition coefficient (Wildman–Crippen LogP) is 3.41. The molecular weight excluding hydrogens is 360 g/mol. The van der Waals surface area contributed by atoms with E-state index < -0.39 is 6.04 Å². The van der Waals surface area contributed by atoms with Crippen LogP contribution in [0.25, 0.3) is 0 Å². The summed E-state index contributed by atoms with van der Waals surface area (Å²) in [6.45, 7) is 6.33. The minimum Gasteiger partial charge on any atom is -0.459 e. The topological polar surface area (TPSA) is 85.9 Å². The first-order chi connectivity index (χ1) is 13.4. The van der Waals surface area contributed by atoms with Gasteiger partial charge in [-0.3, -0.25) is 0 Å². The minimum absolute atomic E-state index is 0.0889. The van der Waals surface area contributed by atoms with Gasteiger partial charge < -0.3 is 24.8 Å². The monoisotopic (exact) mass is 386 g/mol. The molecule has 1 aromatic carbocycles. The van der Waals surface area contributed by atoms with Gasteiger partial charge in [-0.25, -0.2) is 9.59 Å². The SMILES string of the molecule is CC1=C(C(=O)OC2CCC(C)C(C)C2)C(c2ccc3c(c2)OCO3)NC(=O)N1.